The first-order valence-electron chi connectivity index (χ1n) is 2.90. The van der Waals surface area contributed by atoms with Crippen molar-refractivity contribution < 1.29 is 36.4 Å². The smallest absolute Gasteiger partial charge is 0.310 e. The molecule has 0 spiro atoms. The number of rotatable bonds is 4. The van der Waals surface area contributed by atoms with Crippen LogP contribution >= 0.6 is 0 Å². The molecule has 0 aromatic heterocycles. The Hall–Kier alpha value is -0.146. The van der Waals surface area contributed by atoms with Crippen molar-refractivity contribution in [3.63, 3.8) is 0 Å². The summed E-state index contributed by atoms with van der Waals surface area (Å²) < 4.78 is 0. The van der Waals surface area contributed by atoms with Crippen LogP contribution in [-0.4, -0.2) is 16.9 Å². The maximum Gasteiger partial charge on any atom is 0.310 e. The molecule has 3 nitrogen and oxygen atoms in total. The molecule has 0 saturated heterocycles. The molecule has 0 aliphatic rings. The molecule has 0 radical (unpaired) electrons. The topological polar surface area (TPSA) is 54.4 Å². The average molecular weight is 178 g/mol. The minimum absolute atomic E-state index is 0. The van der Waals surface area contributed by atoms with Crippen LogP contribution in [0.1, 0.15) is 26.2 Å². The van der Waals surface area contributed by atoms with Gasteiger partial charge in [-0.3, -0.25) is 9.59 Å². The van der Waals surface area contributed by atoms with Crippen molar-refractivity contribution >= 4 is 11.8 Å². The Bertz CT molecular complexity index is 122. The Morgan fingerprint density at radius 1 is 1.40 bits per heavy atom. The molecule has 0 atom stereocenters. The van der Waals surface area contributed by atoms with Crippen molar-refractivity contribution in [3.05, 3.63) is 0 Å². The first-order chi connectivity index (χ1) is 4.16. The van der Waals surface area contributed by atoms with Crippen LogP contribution in [0.3, 0.4) is 0 Å². The molecule has 0 bridgehead atoms. The first kappa shape index (κ1) is 12.5. The maximum absolute atomic E-state index is 10.5. The molecular weight excluding hydrogens is 168 g/mol. The average Bonchev–Trinajstić information content (AvgIpc) is 1.63. The summed E-state index contributed by atoms with van der Waals surface area (Å²) in [5, 5.41) is 8.09. The van der Waals surface area contributed by atoms with Crippen LogP contribution in [-0.2, 0) is 31.3 Å². The van der Waals surface area contributed by atoms with E-state index in [4.69, 9.17) is 5.11 Å². The third-order valence-electron chi connectivity index (χ3n) is 0.877. The molecule has 0 fully saturated rings. The Morgan fingerprint density at radius 3 is 2.20 bits per heavy atom. The normalized spacial score (nSPS) is 8.10. The van der Waals surface area contributed by atoms with E-state index in [1.165, 1.54) is 0 Å². The van der Waals surface area contributed by atoms with Gasteiger partial charge in [-0.2, -0.15) is 0 Å². The van der Waals surface area contributed by atoms with Crippen molar-refractivity contribution in [3.8, 4) is 0 Å². The number of hydrogen-bond donors (Lipinski definition) is 1. The van der Waals surface area contributed by atoms with Gasteiger partial charge in [0.05, 0.1) is 0 Å². The Morgan fingerprint density at radius 2 is 1.90 bits per heavy atom. The third-order valence-corrected chi connectivity index (χ3v) is 0.877. The Kier molecular flexibility index (Phi) is 8.73. The largest absolute Gasteiger partial charge is 0.481 e. The predicted octanol–water partition coefficient (Wildman–Crippen LogP) is 0.828. The van der Waals surface area contributed by atoms with Crippen molar-refractivity contribution in [2.75, 3.05) is 0 Å². The number of ketones is 1. The van der Waals surface area contributed by atoms with Crippen molar-refractivity contribution in [1.29, 1.82) is 0 Å². The van der Waals surface area contributed by atoms with E-state index in [9.17, 15) is 9.59 Å². The molecule has 1 N–H and O–H groups in total. The standard InChI is InChI=1S/C6H10O3.Ti/c1-2-3-5(7)4-6(8)9;/h2-4H2,1H3,(H,8,9);. The fourth-order valence-electron chi connectivity index (χ4n) is 0.536. The van der Waals surface area contributed by atoms with Crippen molar-refractivity contribution in [2.24, 2.45) is 0 Å². The molecule has 0 aliphatic heterocycles. The van der Waals surface area contributed by atoms with Crippen molar-refractivity contribution in [1.82, 2.24) is 0 Å². The fraction of sp³-hybridized carbons (Fsp3) is 0.667. The number of Topliss-reactive ketones (excluding diaryl/α,β-unsaturated/α-hetero) is 1. The van der Waals surface area contributed by atoms with Gasteiger partial charge in [-0.25, -0.2) is 0 Å². The monoisotopic (exact) mass is 178 g/mol. The zero-order valence-electron chi connectivity index (χ0n) is 5.89. The Balaban J connectivity index is 0. The molecule has 10 heavy (non-hydrogen) atoms. The van der Waals surface area contributed by atoms with Gasteiger partial charge in [0, 0.05) is 28.1 Å². The zero-order valence-corrected chi connectivity index (χ0v) is 7.45. The second-order valence-electron chi connectivity index (χ2n) is 1.86. The van der Waals surface area contributed by atoms with Gasteiger partial charge < -0.3 is 5.11 Å². The van der Waals surface area contributed by atoms with Crippen molar-refractivity contribution in [2.45, 2.75) is 26.2 Å². The molecule has 0 aromatic rings. The number of carbonyl (C=O) groups is 2. The molecular formula is C6H10O3Ti. The molecule has 0 heterocycles. The predicted molar refractivity (Wildman–Crippen MR) is 32.2 cm³/mol. The molecule has 0 aromatic carbocycles. The van der Waals surface area contributed by atoms with Crippen LogP contribution in [0, 0.1) is 0 Å². The van der Waals surface area contributed by atoms with Gasteiger partial charge >= 0.3 is 5.97 Å². The summed E-state index contributed by atoms with van der Waals surface area (Å²) in [5.74, 6) is -1.22. The number of aliphatic carboxylic acids is 1. The minimum Gasteiger partial charge on any atom is -0.481 e. The van der Waals surface area contributed by atoms with E-state index in [0.717, 1.165) is 6.42 Å². The van der Waals surface area contributed by atoms with Crippen LogP contribution in [0.15, 0.2) is 0 Å². The third kappa shape index (κ3) is 7.85. The van der Waals surface area contributed by atoms with E-state index in [1.54, 1.807) is 0 Å². The zero-order chi connectivity index (χ0) is 7.28. The van der Waals surface area contributed by atoms with E-state index < -0.39 is 5.97 Å². The molecule has 0 amide bonds. The van der Waals surface area contributed by atoms with E-state index in [1.807, 2.05) is 6.92 Å². The molecule has 56 valence electrons. The minimum atomic E-state index is -1.03. The van der Waals surface area contributed by atoms with E-state index in [-0.39, 0.29) is 33.9 Å². The van der Waals surface area contributed by atoms with Gasteiger partial charge in [0.2, 0.25) is 0 Å². The van der Waals surface area contributed by atoms with Crippen LogP contribution in [0.4, 0.5) is 0 Å². The quantitative estimate of drug-likeness (QED) is 0.512. The summed E-state index contributed by atoms with van der Waals surface area (Å²) in [4.78, 5) is 20.3. The van der Waals surface area contributed by atoms with E-state index in [2.05, 4.69) is 0 Å². The van der Waals surface area contributed by atoms with Crippen LogP contribution in [0.2, 0.25) is 0 Å². The number of hydrogen-bond acceptors (Lipinski definition) is 2. The molecule has 4 heteroatoms. The van der Waals surface area contributed by atoms with Crippen LogP contribution in [0.25, 0.3) is 0 Å². The molecule has 0 aliphatic carbocycles. The number of carboxylic acid groups (broad SMARTS) is 1. The Labute approximate surface area is 74.7 Å². The summed E-state index contributed by atoms with van der Waals surface area (Å²) in [6.07, 6.45) is 0.784. The number of carboxylic acids is 1. The maximum atomic E-state index is 10.5. The summed E-state index contributed by atoms with van der Waals surface area (Å²) in [6, 6.07) is 0. The fourth-order valence-corrected chi connectivity index (χ4v) is 0.536. The van der Waals surface area contributed by atoms with Crippen LogP contribution < -0.4 is 0 Å². The van der Waals surface area contributed by atoms with Gasteiger partial charge in [-0.15, -0.1) is 0 Å². The van der Waals surface area contributed by atoms with Crippen LogP contribution in [0.5, 0.6) is 0 Å². The second kappa shape index (κ2) is 6.97. The van der Waals surface area contributed by atoms with E-state index >= 15 is 0 Å². The molecule has 0 unspecified atom stereocenters. The van der Waals surface area contributed by atoms with Gasteiger partial charge in [-0.1, -0.05) is 6.92 Å². The summed E-state index contributed by atoms with van der Waals surface area (Å²) >= 11 is 0. The summed E-state index contributed by atoms with van der Waals surface area (Å²) in [7, 11) is 0. The summed E-state index contributed by atoms with van der Waals surface area (Å²) in [6.45, 7) is 1.85. The van der Waals surface area contributed by atoms with Gasteiger partial charge in [0.25, 0.3) is 0 Å². The summed E-state index contributed by atoms with van der Waals surface area (Å²) in [5.41, 5.74) is 0. The molecule has 0 saturated carbocycles. The SMILES string of the molecule is CCCC(=O)CC(=O)O.[Ti]. The van der Waals surface area contributed by atoms with Gasteiger partial charge in [0.15, 0.2) is 0 Å². The van der Waals surface area contributed by atoms with Gasteiger partial charge in [0.1, 0.15) is 12.2 Å². The second-order valence-corrected chi connectivity index (χ2v) is 1.86. The molecule has 0 rings (SSSR count). The van der Waals surface area contributed by atoms with Gasteiger partial charge in [-0.05, 0) is 6.42 Å². The first-order valence-corrected chi connectivity index (χ1v) is 2.90. The van der Waals surface area contributed by atoms with E-state index in [0.29, 0.717) is 6.42 Å². The number of carbonyl (C=O) groups excluding carboxylic acids is 1.